The van der Waals surface area contributed by atoms with E-state index in [1.54, 1.807) is 13.0 Å². The summed E-state index contributed by atoms with van der Waals surface area (Å²) in [4.78, 5) is 15.4. The van der Waals surface area contributed by atoms with Gasteiger partial charge in [-0.2, -0.15) is 0 Å². The minimum Gasteiger partial charge on any atom is -0.478 e. The molecule has 0 amide bonds. The molecule has 1 aromatic heterocycles. The molecular formula is C16H16FNO3. The summed E-state index contributed by atoms with van der Waals surface area (Å²) in [6, 6.07) is 7.02. The van der Waals surface area contributed by atoms with E-state index >= 15 is 0 Å². The second-order valence-corrected chi connectivity index (χ2v) is 5.09. The highest BCUT2D eigenvalue weighted by atomic mass is 19.1. The minimum absolute atomic E-state index is 0.0558. The highest BCUT2D eigenvalue weighted by Crippen LogP contribution is 2.27. The quantitative estimate of drug-likeness (QED) is 0.918. The normalized spacial score (nSPS) is 10.7. The molecule has 0 saturated carbocycles. The maximum Gasteiger partial charge on any atom is 0.335 e. The average molecular weight is 289 g/mol. The van der Waals surface area contributed by atoms with Crippen molar-refractivity contribution in [2.24, 2.45) is 0 Å². The van der Waals surface area contributed by atoms with Gasteiger partial charge < -0.3 is 9.84 Å². The average Bonchev–Trinajstić information content (AvgIpc) is 2.42. The van der Waals surface area contributed by atoms with E-state index in [1.165, 1.54) is 24.3 Å². The molecule has 1 heterocycles. The lowest BCUT2D eigenvalue weighted by molar-refractivity contribution is 0.0696. The van der Waals surface area contributed by atoms with Crippen molar-refractivity contribution in [2.45, 2.75) is 26.7 Å². The number of halogens is 1. The second kappa shape index (κ2) is 5.91. The molecule has 0 atom stereocenters. The molecule has 110 valence electrons. The number of ether oxygens (including phenoxy) is 1. The van der Waals surface area contributed by atoms with E-state index in [0.29, 0.717) is 11.4 Å². The topological polar surface area (TPSA) is 59.4 Å². The van der Waals surface area contributed by atoms with Crippen LogP contribution in [0.3, 0.4) is 0 Å². The third kappa shape index (κ3) is 3.56. The standard InChI is InChI=1S/C16H16FNO3/c1-9(2)13-6-11(16(19)20)7-15(18-13)21-14-8-12(17)5-4-10(14)3/h4-9H,1-3H3,(H,19,20). The summed E-state index contributed by atoms with van der Waals surface area (Å²) in [6.45, 7) is 5.59. The van der Waals surface area contributed by atoms with Gasteiger partial charge in [-0.05, 0) is 30.5 Å². The summed E-state index contributed by atoms with van der Waals surface area (Å²) < 4.78 is 18.8. The minimum atomic E-state index is -1.06. The fourth-order valence-corrected chi connectivity index (χ4v) is 1.79. The Balaban J connectivity index is 2.43. The van der Waals surface area contributed by atoms with Gasteiger partial charge in [0.1, 0.15) is 11.6 Å². The first-order valence-corrected chi connectivity index (χ1v) is 6.56. The van der Waals surface area contributed by atoms with E-state index in [1.807, 2.05) is 13.8 Å². The van der Waals surface area contributed by atoms with Gasteiger partial charge in [0.15, 0.2) is 0 Å². The van der Waals surface area contributed by atoms with Crippen LogP contribution in [0.1, 0.15) is 41.4 Å². The van der Waals surface area contributed by atoms with Gasteiger partial charge >= 0.3 is 5.97 Å². The van der Waals surface area contributed by atoms with Crippen molar-refractivity contribution in [1.82, 2.24) is 4.98 Å². The first-order chi connectivity index (χ1) is 9.86. The number of hydrogen-bond acceptors (Lipinski definition) is 3. The van der Waals surface area contributed by atoms with Crippen molar-refractivity contribution in [2.75, 3.05) is 0 Å². The van der Waals surface area contributed by atoms with Crippen LogP contribution >= 0.6 is 0 Å². The van der Waals surface area contributed by atoms with E-state index in [2.05, 4.69) is 4.98 Å². The summed E-state index contributed by atoms with van der Waals surface area (Å²) >= 11 is 0. The van der Waals surface area contributed by atoms with Crippen LogP contribution in [0.5, 0.6) is 11.6 Å². The Morgan fingerprint density at radius 3 is 2.62 bits per heavy atom. The lowest BCUT2D eigenvalue weighted by Gasteiger charge is -2.12. The zero-order valence-corrected chi connectivity index (χ0v) is 12.1. The van der Waals surface area contributed by atoms with Crippen LogP contribution in [0.25, 0.3) is 0 Å². The smallest absolute Gasteiger partial charge is 0.335 e. The van der Waals surface area contributed by atoms with E-state index < -0.39 is 11.8 Å². The van der Waals surface area contributed by atoms with Gasteiger partial charge in [-0.3, -0.25) is 0 Å². The van der Waals surface area contributed by atoms with Crippen molar-refractivity contribution in [3.8, 4) is 11.6 Å². The molecule has 1 N–H and O–H groups in total. The van der Waals surface area contributed by atoms with Crippen molar-refractivity contribution in [3.05, 3.63) is 53.0 Å². The largest absolute Gasteiger partial charge is 0.478 e. The molecule has 0 aliphatic rings. The van der Waals surface area contributed by atoms with Gasteiger partial charge in [-0.1, -0.05) is 19.9 Å². The Kier molecular flexibility index (Phi) is 4.21. The second-order valence-electron chi connectivity index (χ2n) is 5.09. The first kappa shape index (κ1) is 15.0. The monoisotopic (exact) mass is 289 g/mol. The summed E-state index contributed by atoms with van der Waals surface area (Å²) in [7, 11) is 0. The maximum absolute atomic E-state index is 13.3. The van der Waals surface area contributed by atoms with Gasteiger partial charge in [0.25, 0.3) is 0 Å². The van der Waals surface area contributed by atoms with Crippen LogP contribution in [0.4, 0.5) is 4.39 Å². The lowest BCUT2D eigenvalue weighted by Crippen LogP contribution is -2.03. The highest BCUT2D eigenvalue weighted by Gasteiger charge is 2.13. The van der Waals surface area contributed by atoms with Gasteiger partial charge in [-0.25, -0.2) is 14.2 Å². The zero-order valence-electron chi connectivity index (χ0n) is 12.1. The molecule has 1 aromatic carbocycles. The molecule has 0 fully saturated rings. The maximum atomic E-state index is 13.3. The molecule has 0 bridgehead atoms. The van der Waals surface area contributed by atoms with Crippen molar-refractivity contribution >= 4 is 5.97 Å². The first-order valence-electron chi connectivity index (χ1n) is 6.56. The summed E-state index contributed by atoms with van der Waals surface area (Å²) in [5.74, 6) is -0.957. The number of aryl methyl sites for hydroxylation is 1. The molecule has 5 heteroatoms. The van der Waals surface area contributed by atoms with Crippen LogP contribution < -0.4 is 4.74 Å². The van der Waals surface area contributed by atoms with Crippen molar-refractivity contribution in [3.63, 3.8) is 0 Å². The summed E-state index contributed by atoms with van der Waals surface area (Å²) in [5.41, 5.74) is 1.45. The van der Waals surface area contributed by atoms with Gasteiger partial charge in [0.05, 0.1) is 5.56 Å². The Morgan fingerprint density at radius 2 is 2.00 bits per heavy atom. The van der Waals surface area contributed by atoms with Crippen LogP contribution in [0.2, 0.25) is 0 Å². The lowest BCUT2D eigenvalue weighted by atomic mass is 10.1. The number of nitrogens with zero attached hydrogens (tertiary/aromatic N) is 1. The van der Waals surface area contributed by atoms with Gasteiger partial charge in [0, 0.05) is 17.8 Å². The molecule has 0 saturated heterocycles. The summed E-state index contributed by atoms with van der Waals surface area (Å²) in [5, 5.41) is 9.14. The van der Waals surface area contributed by atoms with Gasteiger partial charge in [0.2, 0.25) is 5.88 Å². The number of pyridine rings is 1. The fraction of sp³-hybridized carbons (Fsp3) is 0.250. The van der Waals surface area contributed by atoms with Crippen LogP contribution in [-0.2, 0) is 0 Å². The Morgan fingerprint density at radius 1 is 1.29 bits per heavy atom. The summed E-state index contributed by atoms with van der Waals surface area (Å²) in [6.07, 6.45) is 0. The number of rotatable bonds is 4. The van der Waals surface area contributed by atoms with E-state index in [9.17, 15) is 9.18 Å². The molecule has 2 rings (SSSR count). The Hall–Kier alpha value is -2.43. The molecule has 0 unspecified atom stereocenters. The van der Waals surface area contributed by atoms with Crippen LogP contribution in [-0.4, -0.2) is 16.1 Å². The molecule has 0 aliphatic carbocycles. The number of benzene rings is 1. The van der Waals surface area contributed by atoms with Crippen LogP contribution in [0, 0.1) is 12.7 Å². The Bertz CT molecular complexity index is 683. The highest BCUT2D eigenvalue weighted by molar-refractivity contribution is 5.88. The Labute approximate surface area is 122 Å². The molecule has 0 radical (unpaired) electrons. The molecule has 2 aromatic rings. The number of carboxylic acids is 1. The molecule has 4 nitrogen and oxygen atoms in total. The van der Waals surface area contributed by atoms with Crippen molar-refractivity contribution < 1.29 is 19.0 Å². The van der Waals surface area contributed by atoms with Crippen LogP contribution in [0.15, 0.2) is 30.3 Å². The number of carbonyl (C=O) groups is 1. The van der Waals surface area contributed by atoms with Gasteiger partial charge in [-0.15, -0.1) is 0 Å². The number of hydrogen-bond donors (Lipinski definition) is 1. The molecule has 0 aliphatic heterocycles. The molecule has 21 heavy (non-hydrogen) atoms. The number of aromatic nitrogens is 1. The third-order valence-corrected chi connectivity index (χ3v) is 3.02. The van der Waals surface area contributed by atoms with E-state index in [0.717, 1.165) is 5.56 Å². The van der Waals surface area contributed by atoms with E-state index in [4.69, 9.17) is 9.84 Å². The predicted octanol–water partition coefficient (Wildman–Crippen LogP) is 4.14. The number of aromatic carboxylic acids is 1. The molecule has 0 spiro atoms. The third-order valence-electron chi connectivity index (χ3n) is 3.02. The molecular weight excluding hydrogens is 273 g/mol. The zero-order chi connectivity index (χ0) is 15.6. The SMILES string of the molecule is Cc1ccc(F)cc1Oc1cc(C(=O)O)cc(C(C)C)n1. The van der Waals surface area contributed by atoms with Crippen molar-refractivity contribution in [1.29, 1.82) is 0 Å². The fourth-order valence-electron chi connectivity index (χ4n) is 1.79. The predicted molar refractivity (Wildman–Crippen MR) is 76.5 cm³/mol. The van der Waals surface area contributed by atoms with E-state index in [-0.39, 0.29) is 17.4 Å². The number of carboxylic acid groups (broad SMARTS) is 1.